The van der Waals surface area contributed by atoms with Crippen LogP contribution in [0.25, 0.3) is 0 Å². The summed E-state index contributed by atoms with van der Waals surface area (Å²) in [6, 6.07) is 4.55. The first-order chi connectivity index (χ1) is 7.34. The second-order valence-electron chi connectivity index (χ2n) is 3.76. The highest BCUT2D eigenvalue weighted by molar-refractivity contribution is 7.99. The summed E-state index contributed by atoms with van der Waals surface area (Å²) < 4.78 is 0. The molecule has 0 bridgehead atoms. The van der Waals surface area contributed by atoms with Crippen molar-refractivity contribution in [2.24, 2.45) is 0 Å². The van der Waals surface area contributed by atoms with Gasteiger partial charge in [0.25, 0.3) is 0 Å². The van der Waals surface area contributed by atoms with Crippen LogP contribution in [0.3, 0.4) is 0 Å². The Morgan fingerprint density at radius 1 is 1.40 bits per heavy atom. The van der Waals surface area contributed by atoms with Gasteiger partial charge in [0.05, 0.1) is 0 Å². The van der Waals surface area contributed by atoms with Crippen LogP contribution in [0.4, 0.5) is 0 Å². The average Bonchev–Trinajstić information content (AvgIpc) is 2.30. The number of nitrogens with zero attached hydrogens (tertiary/aromatic N) is 1. The van der Waals surface area contributed by atoms with Gasteiger partial charge in [0, 0.05) is 18.8 Å². The molecule has 0 saturated carbocycles. The molecule has 0 aliphatic carbocycles. The van der Waals surface area contributed by atoms with Crippen molar-refractivity contribution in [1.82, 2.24) is 10.3 Å². The van der Waals surface area contributed by atoms with E-state index in [1.54, 1.807) is 0 Å². The summed E-state index contributed by atoms with van der Waals surface area (Å²) in [7, 11) is 0. The van der Waals surface area contributed by atoms with Crippen molar-refractivity contribution in [3.05, 3.63) is 29.0 Å². The first-order valence-corrected chi connectivity index (χ1v) is 6.79. The highest BCUT2D eigenvalue weighted by atomic mass is 35.5. The van der Waals surface area contributed by atoms with Gasteiger partial charge in [0.1, 0.15) is 5.15 Å². The monoisotopic (exact) mass is 242 g/mol. The van der Waals surface area contributed by atoms with Crippen LogP contribution in [0, 0.1) is 0 Å². The molecule has 1 aromatic heterocycles. The molecule has 2 nitrogen and oxygen atoms in total. The molecule has 0 unspecified atom stereocenters. The second kappa shape index (κ2) is 5.73. The van der Waals surface area contributed by atoms with E-state index in [0.29, 0.717) is 11.2 Å². The zero-order valence-electron chi connectivity index (χ0n) is 8.58. The molecule has 0 radical (unpaired) electrons. The van der Waals surface area contributed by atoms with Crippen molar-refractivity contribution in [3.63, 3.8) is 0 Å². The van der Waals surface area contributed by atoms with E-state index >= 15 is 0 Å². The molecule has 1 aliphatic rings. The van der Waals surface area contributed by atoms with Crippen molar-refractivity contribution in [2.75, 3.05) is 11.5 Å². The van der Waals surface area contributed by atoms with Crippen LogP contribution in [0.1, 0.15) is 18.4 Å². The largest absolute Gasteiger partial charge is 0.310 e. The van der Waals surface area contributed by atoms with E-state index in [9.17, 15) is 0 Å². The normalized spacial score (nSPS) is 17.9. The molecule has 0 atom stereocenters. The van der Waals surface area contributed by atoms with Crippen LogP contribution >= 0.6 is 23.4 Å². The van der Waals surface area contributed by atoms with Gasteiger partial charge in [0.2, 0.25) is 0 Å². The van der Waals surface area contributed by atoms with Crippen LogP contribution in [0.5, 0.6) is 0 Å². The Kier molecular flexibility index (Phi) is 4.29. The van der Waals surface area contributed by atoms with Crippen molar-refractivity contribution in [2.45, 2.75) is 25.4 Å². The van der Waals surface area contributed by atoms with Crippen molar-refractivity contribution in [3.8, 4) is 0 Å². The first kappa shape index (κ1) is 11.2. The van der Waals surface area contributed by atoms with E-state index in [1.807, 2.05) is 18.3 Å². The van der Waals surface area contributed by atoms with Gasteiger partial charge in [-0.25, -0.2) is 4.98 Å². The molecule has 1 fully saturated rings. The van der Waals surface area contributed by atoms with Gasteiger partial charge >= 0.3 is 0 Å². The Balaban J connectivity index is 1.79. The van der Waals surface area contributed by atoms with E-state index in [0.717, 1.165) is 6.54 Å². The zero-order valence-corrected chi connectivity index (χ0v) is 10.2. The minimum absolute atomic E-state index is 0.563. The van der Waals surface area contributed by atoms with Gasteiger partial charge in [-0.15, -0.1) is 0 Å². The highest BCUT2D eigenvalue weighted by Crippen LogP contribution is 2.17. The number of hydrogen-bond donors (Lipinski definition) is 1. The Labute approximate surface area is 99.8 Å². The number of hydrogen-bond acceptors (Lipinski definition) is 3. The number of rotatable bonds is 3. The van der Waals surface area contributed by atoms with Gasteiger partial charge < -0.3 is 5.32 Å². The topological polar surface area (TPSA) is 24.9 Å². The molecule has 1 aliphatic heterocycles. The first-order valence-electron chi connectivity index (χ1n) is 5.26. The summed E-state index contributed by atoms with van der Waals surface area (Å²) in [4.78, 5) is 4.06. The minimum Gasteiger partial charge on any atom is -0.310 e. The van der Waals surface area contributed by atoms with E-state index in [-0.39, 0.29) is 0 Å². The van der Waals surface area contributed by atoms with Crippen LogP contribution in [0.2, 0.25) is 5.15 Å². The lowest BCUT2D eigenvalue weighted by molar-refractivity contribution is 0.482. The molecule has 1 N–H and O–H groups in total. The third kappa shape index (κ3) is 3.67. The Morgan fingerprint density at radius 3 is 2.87 bits per heavy atom. The third-order valence-electron chi connectivity index (χ3n) is 2.60. The third-order valence-corrected chi connectivity index (χ3v) is 3.88. The molecule has 4 heteroatoms. The summed E-state index contributed by atoms with van der Waals surface area (Å²) in [5.41, 5.74) is 1.21. The molecular formula is C11H15ClN2S. The number of nitrogens with one attached hydrogen (secondary N) is 1. The van der Waals surface area contributed by atoms with Gasteiger partial charge in [-0.2, -0.15) is 11.8 Å². The number of thioether (sulfide) groups is 1. The fourth-order valence-corrected chi connectivity index (χ4v) is 2.89. The van der Waals surface area contributed by atoms with Crippen molar-refractivity contribution >= 4 is 23.4 Å². The standard InChI is InChI=1S/C11H15ClN2S/c12-11-2-1-9(8-14-11)7-13-10-3-5-15-6-4-10/h1-2,8,10,13H,3-7H2. The summed E-state index contributed by atoms with van der Waals surface area (Å²) in [6.45, 7) is 0.902. The van der Waals surface area contributed by atoms with Crippen molar-refractivity contribution < 1.29 is 0 Å². The molecular weight excluding hydrogens is 228 g/mol. The summed E-state index contributed by atoms with van der Waals surface area (Å²) in [6.07, 6.45) is 4.41. The quantitative estimate of drug-likeness (QED) is 0.826. The number of halogens is 1. The van der Waals surface area contributed by atoms with E-state index < -0.39 is 0 Å². The van der Waals surface area contributed by atoms with Gasteiger partial charge in [-0.3, -0.25) is 0 Å². The molecule has 0 amide bonds. The summed E-state index contributed by atoms with van der Waals surface area (Å²) >= 11 is 7.78. The molecule has 0 aromatic carbocycles. The maximum atomic E-state index is 5.73. The lowest BCUT2D eigenvalue weighted by Crippen LogP contribution is -2.32. The number of pyridine rings is 1. The molecule has 0 spiro atoms. The smallest absolute Gasteiger partial charge is 0.129 e. The zero-order chi connectivity index (χ0) is 10.5. The van der Waals surface area contributed by atoms with E-state index in [2.05, 4.69) is 22.1 Å². The van der Waals surface area contributed by atoms with Crippen LogP contribution in [-0.2, 0) is 6.54 Å². The van der Waals surface area contributed by atoms with Crippen molar-refractivity contribution in [1.29, 1.82) is 0 Å². The van der Waals surface area contributed by atoms with Crippen LogP contribution in [0.15, 0.2) is 18.3 Å². The predicted octanol–water partition coefficient (Wildman–Crippen LogP) is 2.72. The summed E-state index contributed by atoms with van der Waals surface area (Å²) in [5, 5.41) is 4.12. The lowest BCUT2D eigenvalue weighted by Gasteiger charge is -2.22. The molecule has 2 rings (SSSR count). The lowest BCUT2D eigenvalue weighted by atomic mass is 10.1. The predicted molar refractivity (Wildman–Crippen MR) is 66.4 cm³/mol. The SMILES string of the molecule is Clc1ccc(CNC2CCSCC2)cn1. The molecule has 1 aromatic rings. The maximum Gasteiger partial charge on any atom is 0.129 e. The van der Waals surface area contributed by atoms with Gasteiger partial charge in [-0.05, 0) is 36.0 Å². The van der Waals surface area contributed by atoms with E-state index in [4.69, 9.17) is 11.6 Å². The second-order valence-corrected chi connectivity index (χ2v) is 5.37. The Morgan fingerprint density at radius 2 is 2.20 bits per heavy atom. The molecule has 1 saturated heterocycles. The highest BCUT2D eigenvalue weighted by Gasteiger charge is 2.12. The van der Waals surface area contributed by atoms with Crippen LogP contribution in [-0.4, -0.2) is 22.5 Å². The molecule has 15 heavy (non-hydrogen) atoms. The summed E-state index contributed by atoms with van der Waals surface area (Å²) in [5.74, 6) is 2.58. The Hall–Kier alpha value is -0.250. The average molecular weight is 243 g/mol. The Bertz CT molecular complexity index is 296. The van der Waals surface area contributed by atoms with Crippen LogP contribution < -0.4 is 5.32 Å². The minimum atomic E-state index is 0.563. The molecule has 2 heterocycles. The van der Waals surface area contributed by atoms with Gasteiger partial charge in [0.15, 0.2) is 0 Å². The maximum absolute atomic E-state index is 5.73. The molecule has 82 valence electrons. The fraction of sp³-hybridized carbons (Fsp3) is 0.545. The number of aromatic nitrogens is 1. The van der Waals surface area contributed by atoms with E-state index in [1.165, 1.54) is 29.9 Å². The fourth-order valence-electron chi connectivity index (χ4n) is 1.67. The van der Waals surface area contributed by atoms with Gasteiger partial charge in [-0.1, -0.05) is 17.7 Å².